The average molecular weight is 277 g/mol. The molecular weight excluding hydrogens is 264 g/mol. The largest absolute Gasteiger partial charge is 0.504 e. The lowest BCUT2D eigenvalue weighted by molar-refractivity contribution is 0.404. The molecule has 0 aliphatic carbocycles. The Hall–Kier alpha value is -2.20. The summed E-state index contributed by atoms with van der Waals surface area (Å²) >= 11 is 5.74. The molecule has 4 nitrogen and oxygen atoms in total. The van der Waals surface area contributed by atoms with Gasteiger partial charge in [-0.1, -0.05) is 23.7 Å². The van der Waals surface area contributed by atoms with Gasteiger partial charge in [0.2, 0.25) is 0 Å². The van der Waals surface area contributed by atoms with Crippen LogP contribution >= 0.6 is 11.6 Å². The number of nitrogens with one attached hydrogen (secondary N) is 1. The second-order valence-electron chi connectivity index (χ2n) is 4.11. The molecule has 0 atom stereocenters. The average Bonchev–Trinajstić information content (AvgIpc) is 2.36. The molecule has 0 aliphatic rings. The third-order valence-electron chi connectivity index (χ3n) is 2.49. The molecule has 0 saturated heterocycles. The van der Waals surface area contributed by atoms with Gasteiger partial charge in [-0.25, -0.2) is 0 Å². The van der Waals surface area contributed by atoms with Gasteiger partial charge < -0.3 is 10.2 Å². The highest BCUT2D eigenvalue weighted by atomic mass is 35.5. The number of hydrogen-bond donors (Lipinski definition) is 3. The van der Waals surface area contributed by atoms with Crippen molar-refractivity contribution in [2.24, 2.45) is 5.10 Å². The van der Waals surface area contributed by atoms with E-state index in [4.69, 9.17) is 11.6 Å². The molecule has 3 N–H and O–H groups in total. The van der Waals surface area contributed by atoms with Gasteiger partial charge in [-0.15, -0.1) is 0 Å². The summed E-state index contributed by atoms with van der Waals surface area (Å²) in [6.07, 6.45) is 1.51. The number of rotatable bonds is 3. The van der Waals surface area contributed by atoms with Crippen molar-refractivity contribution < 1.29 is 10.2 Å². The van der Waals surface area contributed by atoms with E-state index in [9.17, 15) is 10.2 Å². The number of halogens is 1. The van der Waals surface area contributed by atoms with Crippen LogP contribution in [0.4, 0.5) is 5.69 Å². The van der Waals surface area contributed by atoms with Crippen LogP contribution in [0.5, 0.6) is 11.5 Å². The monoisotopic (exact) mass is 276 g/mol. The summed E-state index contributed by atoms with van der Waals surface area (Å²) in [6, 6.07) is 10.7. The van der Waals surface area contributed by atoms with Gasteiger partial charge in [0, 0.05) is 0 Å². The Morgan fingerprint density at radius 1 is 1.21 bits per heavy atom. The van der Waals surface area contributed by atoms with Gasteiger partial charge in [-0.05, 0) is 42.3 Å². The van der Waals surface area contributed by atoms with Gasteiger partial charge in [0.25, 0.3) is 0 Å². The Morgan fingerprint density at radius 3 is 2.68 bits per heavy atom. The number of aryl methyl sites for hydroxylation is 1. The van der Waals surface area contributed by atoms with Gasteiger partial charge in [0.1, 0.15) is 0 Å². The maximum atomic E-state index is 9.42. The van der Waals surface area contributed by atoms with Crippen LogP contribution in [0.3, 0.4) is 0 Å². The smallest absolute Gasteiger partial charge is 0.176 e. The van der Waals surface area contributed by atoms with E-state index < -0.39 is 0 Å². The first-order valence-corrected chi connectivity index (χ1v) is 6.01. The topological polar surface area (TPSA) is 64.9 Å². The summed E-state index contributed by atoms with van der Waals surface area (Å²) in [6.45, 7) is 1.99. The number of nitrogens with zero attached hydrogens (tertiary/aromatic N) is 1. The summed E-state index contributed by atoms with van der Waals surface area (Å²) in [4.78, 5) is 0. The predicted octanol–water partition coefficient (Wildman–Crippen LogP) is 3.51. The van der Waals surface area contributed by atoms with Gasteiger partial charge in [0.15, 0.2) is 11.5 Å². The molecule has 0 radical (unpaired) electrons. The van der Waals surface area contributed by atoms with Crippen molar-refractivity contribution in [3.8, 4) is 11.5 Å². The molecule has 5 heteroatoms. The van der Waals surface area contributed by atoms with E-state index in [1.807, 2.05) is 31.2 Å². The summed E-state index contributed by atoms with van der Waals surface area (Å²) in [5.74, 6) is -0.602. The van der Waals surface area contributed by atoms with E-state index in [2.05, 4.69) is 10.5 Å². The molecule has 0 aromatic heterocycles. The minimum Gasteiger partial charge on any atom is -0.504 e. The van der Waals surface area contributed by atoms with Crippen molar-refractivity contribution in [1.29, 1.82) is 0 Å². The van der Waals surface area contributed by atoms with Crippen LogP contribution in [-0.2, 0) is 0 Å². The Kier molecular flexibility index (Phi) is 3.92. The summed E-state index contributed by atoms with van der Waals surface area (Å²) < 4.78 is 0. The maximum absolute atomic E-state index is 9.42. The second-order valence-corrected chi connectivity index (χ2v) is 4.52. The highest BCUT2D eigenvalue weighted by molar-refractivity contribution is 6.32. The van der Waals surface area contributed by atoms with Crippen LogP contribution in [0, 0.1) is 6.92 Å². The molecule has 2 aromatic carbocycles. The van der Waals surface area contributed by atoms with Crippen molar-refractivity contribution in [3.63, 3.8) is 0 Å². The fourth-order valence-corrected chi connectivity index (χ4v) is 1.80. The summed E-state index contributed by atoms with van der Waals surface area (Å²) in [7, 11) is 0. The molecule has 0 fully saturated rings. The zero-order chi connectivity index (χ0) is 13.8. The van der Waals surface area contributed by atoms with Gasteiger partial charge >= 0.3 is 0 Å². The molecule has 0 amide bonds. The SMILES string of the molecule is Cc1cccc(N/N=C/c2cc(O)c(O)c(Cl)c2)c1. The first-order chi connectivity index (χ1) is 9.06. The van der Waals surface area contributed by atoms with Crippen molar-refractivity contribution in [2.45, 2.75) is 6.92 Å². The van der Waals surface area contributed by atoms with E-state index in [-0.39, 0.29) is 16.5 Å². The van der Waals surface area contributed by atoms with Crippen LogP contribution in [0.25, 0.3) is 0 Å². The number of hydrazone groups is 1. The predicted molar refractivity (Wildman–Crippen MR) is 77.2 cm³/mol. The van der Waals surface area contributed by atoms with Gasteiger partial charge in [0.05, 0.1) is 16.9 Å². The lowest BCUT2D eigenvalue weighted by atomic mass is 10.2. The summed E-state index contributed by atoms with van der Waals surface area (Å²) in [5, 5.41) is 22.9. The molecule has 0 aliphatic heterocycles. The third kappa shape index (κ3) is 3.39. The molecule has 98 valence electrons. The lowest BCUT2D eigenvalue weighted by Gasteiger charge is -2.03. The Morgan fingerprint density at radius 2 is 2.00 bits per heavy atom. The van der Waals surface area contributed by atoms with E-state index in [0.717, 1.165) is 11.3 Å². The van der Waals surface area contributed by atoms with Crippen LogP contribution < -0.4 is 5.43 Å². The molecule has 2 aromatic rings. The van der Waals surface area contributed by atoms with Crippen molar-refractivity contribution >= 4 is 23.5 Å². The second kappa shape index (κ2) is 5.63. The number of anilines is 1. The molecule has 0 unspecified atom stereocenters. The maximum Gasteiger partial charge on any atom is 0.176 e. The van der Waals surface area contributed by atoms with E-state index in [0.29, 0.717) is 5.56 Å². The van der Waals surface area contributed by atoms with Gasteiger partial charge in [-0.2, -0.15) is 5.10 Å². The third-order valence-corrected chi connectivity index (χ3v) is 2.78. The molecule has 0 saturated carbocycles. The fraction of sp³-hybridized carbons (Fsp3) is 0.0714. The quantitative estimate of drug-likeness (QED) is 0.457. The molecule has 0 bridgehead atoms. The van der Waals surface area contributed by atoms with Crippen molar-refractivity contribution in [1.82, 2.24) is 0 Å². The van der Waals surface area contributed by atoms with Crippen LogP contribution in [0.1, 0.15) is 11.1 Å². The molecular formula is C14H13ClN2O2. The number of benzene rings is 2. The first kappa shape index (κ1) is 13.2. The summed E-state index contributed by atoms with van der Waals surface area (Å²) in [5.41, 5.74) is 5.45. The number of aromatic hydroxyl groups is 2. The molecule has 0 spiro atoms. The lowest BCUT2D eigenvalue weighted by Crippen LogP contribution is -1.91. The Bertz CT molecular complexity index is 604. The Labute approximate surface area is 116 Å². The number of phenolic OH excluding ortho intramolecular Hbond substituents is 2. The Balaban J connectivity index is 2.11. The zero-order valence-electron chi connectivity index (χ0n) is 10.3. The highest BCUT2D eigenvalue weighted by Gasteiger charge is 2.05. The van der Waals surface area contributed by atoms with E-state index in [1.54, 1.807) is 0 Å². The van der Waals surface area contributed by atoms with Crippen LogP contribution in [-0.4, -0.2) is 16.4 Å². The van der Waals surface area contributed by atoms with E-state index in [1.165, 1.54) is 18.3 Å². The van der Waals surface area contributed by atoms with E-state index >= 15 is 0 Å². The number of hydrogen-bond acceptors (Lipinski definition) is 4. The van der Waals surface area contributed by atoms with Crippen LogP contribution in [0.15, 0.2) is 41.5 Å². The molecule has 19 heavy (non-hydrogen) atoms. The fourth-order valence-electron chi connectivity index (χ4n) is 1.58. The zero-order valence-corrected chi connectivity index (χ0v) is 11.0. The van der Waals surface area contributed by atoms with Crippen molar-refractivity contribution in [2.75, 3.05) is 5.43 Å². The van der Waals surface area contributed by atoms with Gasteiger partial charge in [-0.3, -0.25) is 5.43 Å². The normalized spacial score (nSPS) is 10.8. The van der Waals surface area contributed by atoms with Crippen molar-refractivity contribution in [3.05, 3.63) is 52.5 Å². The van der Waals surface area contributed by atoms with Crippen LogP contribution in [0.2, 0.25) is 5.02 Å². The molecule has 0 heterocycles. The standard InChI is InChI=1S/C14H13ClN2O2/c1-9-3-2-4-11(5-9)17-16-8-10-6-12(15)14(19)13(18)7-10/h2-8,17-19H,1H3/b16-8+. The first-order valence-electron chi connectivity index (χ1n) is 5.63. The minimum absolute atomic E-state index is 0.0806. The highest BCUT2D eigenvalue weighted by Crippen LogP contribution is 2.33. The molecule has 2 rings (SSSR count). The minimum atomic E-state index is -0.328. The number of phenols is 2.